The molecule has 0 aliphatic heterocycles. The summed E-state index contributed by atoms with van der Waals surface area (Å²) in [4.78, 5) is 0. The maximum atomic E-state index is 3.51. The summed E-state index contributed by atoms with van der Waals surface area (Å²) in [5.41, 5.74) is 5.03. The Hall–Kier alpha value is -3.33. The number of hydrogen-bond donors (Lipinski definition) is 0. The van der Waals surface area contributed by atoms with E-state index in [0.717, 1.165) is 6.54 Å². The first-order chi connectivity index (χ1) is 13.9. The van der Waals surface area contributed by atoms with Gasteiger partial charge in [-0.1, -0.05) is 61.9 Å². The molecule has 3 aromatic carbocycles. The molecule has 28 heavy (non-hydrogen) atoms. The van der Waals surface area contributed by atoms with Gasteiger partial charge in [0.2, 0.25) is 6.33 Å². The molecule has 6 aromatic rings. The van der Waals surface area contributed by atoms with Crippen LogP contribution >= 0.6 is 0 Å². The molecule has 0 atom stereocenters. The van der Waals surface area contributed by atoms with Gasteiger partial charge in [0.15, 0.2) is 0 Å². The minimum Gasteiger partial charge on any atom is -0.325 e. The molecular formula is C25H21N3. The fraction of sp³-hybridized carbons (Fsp3) is 0.160. The molecular weight excluding hydrogens is 342 g/mol. The summed E-state index contributed by atoms with van der Waals surface area (Å²) in [5.74, 6) is 0. The van der Waals surface area contributed by atoms with Crippen LogP contribution in [0.1, 0.15) is 19.8 Å². The Kier molecular flexibility index (Phi) is 3.27. The first-order valence-corrected chi connectivity index (χ1v) is 10.0. The Morgan fingerprint density at radius 3 is 2.57 bits per heavy atom. The summed E-state index contributed by atoms with van der Waals surface area (Å²) in [5, 5.41) is 5.25. The molecule has 3 nitrogen and oxygen atoms in total. The number of unbranched alkanes of at least 4 members (excludes halogenated alkanes) is 1. The van der Waals surface area contributed by atoms with Crippen molar-refractivity contribution in [1.29, 1.82) is 0 Å². The van der Waals surface area contributed by atoms with E-state index in [9.17, 15) is 0 Å². The van der Waals surface area contributed by atoms with Crippen molar-refractivity contribution in [1.82, 2.24) is 8.97 Å². The summed E-state index contributed by atoms with van der Waals surface area (Å²) < 4.78 is 6.73. The van der Waals surface area contributed by atoms with Crippen molar-refractivity contribution >= 4 is 38.1 Å². The second-order valence-corrected chi connectivity index (χ2v) is 7.54. The van der Waals surface area contributed by atoms with Crippen LogP contribution < -0.4 is 4.57 Å². The van der Waals surface area contributed by atoms with Gasteiger partial charge in [0, 0.05) is 39.5 Å². The highest BCUT2D eigenvalue weighted by Crippen LogP contribution is 2.40. The van der Waals surface area contributed by atoms with E-state index in [1.807, 2.05) is 0 Å². The molecule has 136 valence electrons. The van der Waals surface area contributed by atoms with Gasteiger partial charge in [-0.05, 0) is 18.6 Å². The predicted molar refractivity (Wildman–Crippen MR) is 114 cm³/mol. The Labute approximate surface area is 163 Å². The zero-order valence-electron chi connectivity index (χ0n) is 15.9. The van der Waals surface area contributed by atoms with E-state index in [2.05, 4.69) is 99.8 Å². The molecule has 0 spiro atoms. The molecule has 0 unspecified atom stereocenters. The molecule has 0 N–H and O–H groups in total. The lowest BCUT2D eigenvalue weighted by Crippen LogP contribution is -2.31. The lowest BCUT2D eigenvalue weighted by Gasteiger charge is -2.06. The zero-order valence-corrected chi connectivity index (χ0v) is 15.9. The zero-order chi connectivity index (χ0) is 18.7. The van der Waals surface area contributed by atoms with Crippen LogP contribution in [0.25, 0.3) is 43.8 Å². The topological polar surface area (TPSA) is 13.2 Å². The third-order valence-corrected chi connectivity index (χ3v) is 5.87. The molecule has 0 bridgehead atoms. The van der Waals surface area contributed by atoms with Crippen molar-refractivity contribution in [2.45, 2.75) is 26.3 Å². The minimum atomic E-state index is 1.01. The van der Waals surface area contributed by atoms with Gasteiger partial charge in [0.05, 0.1) is 23.3 Å². The highest BCUT2D eigenvalue weighted by atomic mass is 15.1. The maximum Gasteiger partial charge on any atom is 0.243 e. The molecule has 3 heteroatoms. The normalized spacial score (nSPS) is 12.2. The number of benzene rings is 3. The SMILES string of the molecule is CCCC[n+]1[c-]n(-c2cccc3c2c2cccc4c5ccccc5n3c42)cc1. The summed E-state index contributed by atoms with van der Waals surface area (Å²) in [7, 11) is 0. The Balaban J connectivity index is 1.71. The van der Waals surface area contributed by atoms with E-state index in [-0.39, 0.29) is 0 Å². The van der Waals surface area contributed by atoms with Crippen LogP contribution in [0.5, 0.6) is 0 Å². The average molecular weight is 363 g/mol. The van der Waals surface area contributed by atoms with Gasteiger partial charge < -0.3 is 13.5 Å². The molecule has 0 aliphatic rings. The monoisotopic (exact) mass is 363 g/mol. The van der Waals surface area contributed by atoms with Crippen LogP contribution in [0.4, 0.5) is 0 Å². The summed E-state index contributed by atoms with van der Waals surface area (Å²) in [6, 6.07) is 22.0. The van der Waals surface area contributed by atoms with Crippen LogP contribution in [0, 0.1) is 6.33 Å². The lowest BCUT2D eigenvalue weighted by atomic mass is 10.1. The van der Waals surface area contributed by atoms with E-state index in [1.165, 1.54) is 56.6 Å². The number of rotatable bonds is 4. The van der Waals surface area contributed by atoms with E-state index < -0.39 is 0 Å². The summed E-state index contributed by atoms with van der Waals surface area (Å²) >= 11 is 0. The molecule has 0 aliphatic carbocycles. The molecule has 0 radical (unpaired) electrons. The van der Waals surface area contributed by atoms with Gasteiger partial charge >= 0.3 is 0 Å². The number of nitrogens with zero attached hydrogens (tertiary/aromatic N) is 3. The molecule has 3 aromatic heterocycles. The van der Waals surface area contributed by atoms with Gasteiger partial charge in [-0.2, -0.15) is 0 Å². The Bertz CT molecular complexity index is 1450. The molecule has 0 saturated heterocycles. The van der Waals surface area contributed by atoms with Gasteiger partial charge in [0.25, 0.3) is 0 Å². The van der Waals surface area contributed by atoms with Crippen molar-refractivity contribution in [3.8, 4) is 5.69 Å². The Morgan fingerprint density at radius 2 is 1.64 bits per heavy atom. The number of para-hydroxylation sites is 2. The average Bonchev–Trinajstić information content (AvgIpc) is 3.43. The molecule has 0 amide bonds. The van der Waals surface area contributed by atoms with Crippen molar-refractivity contribution in [3.05, 3.63) is 79.4 Å². The van der Waals surface area contributed by atoms with Crippen molar-refractivity contribution in [2.75, 3.05) is 0 Å². The highest BCUT2D eigenvalue weighted by Gasteiger charge is 2.18. The first kappa shape index (κ1) is 15.7. The van der Waals surface area contributed by atoms with E-state index >= 15 is 0 Å². The largest absolute Gasteiger partial charge is 0.325 e. The quantitative estimate of drug-likeness (QED) is 0.289. The standard InChI is InChI=1S/C25H21N3/c1-2-3-14-26-15-16-27(17-26)22-12-7-13-23-24(22)20-10-6-9-19-18-8-4-5-11-21(18)28(23)25(19)20/h4-13,15-16H,2-3,14H2,1H3. The number of aryl methyl sites for hydroxylation is 1. The van der Waals surface area contributed by atoms with Crippen LogP contribution in [-0.4, -0.2) is 8.97 Å². The first-order valence-electron chi connectivity index (χ1n) is 10.0. The minimum absolute atomic E-state index is 1.01. The second kappa shape index (κ2) is 5.83. The summed E-state index contributed by atoms with van der Waals surface area (Å²) in [6.07, 6.45) is 10.1. The number of imidazole rings is 1. The Morgan fingerprint density at radius 1 is 0.857 bits per heavy atom. The predicted octanol–water partition coefficient (Wildman–Crippen LogP) is 5.52. The van der Waals surface area contributed by atoms with Gasteiger partial charge in [-0.3, -0.25) is 0 Å². The molecule has 3 heterocycles. The van der Waals surface area contributed by atoms with E-state index in [0.29, 0.717) is 0 Å². The van der Waals surface area contributed by atoms with E-state index in [4.69, 9.17) is 0 Å². The fourth-order valence-electron chi connectivity index (χ4n) is 4.60. The van der Waals surface area contributed by atoms with Gasteiger partial charge in [0.1, 0.15) is 0 Å². The number of fused-ring (bicyclic) bond motifs is 6. The highest BCUT2D eigenvalue weighted by molar-refractivity contribution is 6.24. The van der Waals surface area contributed by atoms with Crippen molar-refractivity contribution < 1.29 is 4.57 Å². The van der Waals surface area contributed by atoms with E-state index in [1.54, 1.807) is 0 Å². The number of hydrogen-bond acceptors (Lipinski definition) is 0. The lowest BCUT2D eigenvalue weighted by molar-refractivity contribution is -0.700. The van der Waals surface area contributed by atoms with Crippen LogP contribution in [0.15, 0.2) is 73.1 Å². The smallest absolute Gasteiger partial charge is 0.243 e. The van der Waals surface area contributed by atoms with Gasteiger partial charge in [-0.15, -0.1) is 0 Å². The second-order valence-electron chi connectivity index (χ2n) is 7.54. The summed E-state index contributed by atoms with van der Waals surface area (Å²) in [6.45, 7) is 3.24. The van der Waals surface area contributed by atoms with Crippen LogP contribution in [-0.2, 0) is 6.54 Å². The maximum absolute atomic E-state index is 3.51. The third kappa shape index (κ3) is 2.02. The van der Waals surface area contributed by atoms with Gasteiger partial charge in [-0.25, -0.2) is 0 Å². The molecule has 0 saturated carbocycles. The molecule has 0 fully saturated rings. The van der Waals surface area contributed by atoms with Crippen LogP contribution in [0.3, 0.4) is 0 Å². The number of aromatic nitrogens is 3. The van der Waals surface area contributed by atoms with Crippen molar-refractivity contribution in [3.63, 3.8) is 0 Å². The van der Waals surface area contributed by atoms with Crippen LogP contribution in [0.2, 0.25) is 0 Å². The molecule has 6 rings (SSSR count). The third-order valence-electron chi connectivity index (χ3n) is 5.87. The van der Waals surface area contributed by atoms with Crippen molar-refractivity contribution in [2.24, 2.45) is 0 Å². The fourth-order valence-corrected chi connectivity index (χ4v) is 4.60.